The van der Waals surface area contributed by atoms with Crippen molar-refractivity contribution in [1.82, 2.24) is 19.7 Å². The third-order valence-corrected chi connectivity index (χ3v) is 3.00. The Labute approximate surface area is 122 Å². The van der Waals surface area contributed by atoms with E-state index in [4.69, 9.17) is 10.5 Å². The normalized spacial score (nSPS) is 10.6. The van der Waals surface area contributed by atoms with E-state index in [1.165, 1.54) is 0 Å². The molecular formula is C15H15N5O. The summed E-state index contributed by atoms with van der Waals surface area (Å²) in [7, 11) is 0. The topological polar surface area (TPSA) is 78.9 Å². The molecule has 0 aliphatic carbocycles. The van der Waals surface area contributed by atoms with E-state index in [1.54, 1.807) is 17.2 Å². The van der Waals surface area contributed by atoms with Crippen molar-refractivity contribution in [3.8, 4) is 17.6 Å². The number of para-hydroxylation sites is 1. The van der Waals surface area contributed by atoms with Crippen molar-refractivity contribution in [3.05, 3.63) is 60.0 Å². The summed E-state index contributed by atoms with van der Waals surface area (Å²) in [6, 6.07) is 11.9. The fourth-order valence-corrected chi connectivity index (χ4v) is 1.93. The van der Waals surface area contributed by atoms with Crippen molar-refractivity contribution < 1.29 is 4.74 Å². The lowest BCUT2D eigenvalue weighted by Crippen LogP contribution is -2.00. The van der Waals surface area contributed by atoms with Crippen molar-refractivity contribution in [2.24, 2.45) is 5.73 Å². The SMILES string of the molecule is Cc1cc(CN)cnc1Oc1ncn(-c2ccccc2)n1. The number of pyridine rings is 1. The second kappa shape index (κ2) is 5.72. The van der Waals surface area contributed by atoms with E-state index in [0.717, 1.165) is 16.8 Å². The second-order valence-electron chi connectivity index (χ2n) is 4.58. The molecule has 0 amide bonds. The molecule has 3 aromatic rings. The summed E-state index contributed by atoms with van der Waals surface area (Å²) in [6.07, 6.45) is 3.30. The van der Waals surface area contributed by atoms with Gasteiger partial charge in [-0.2, -0.15) is 4.98 Å². The molecule has 0 saturated carbocycles. The third kappa shape index (κ3) is 2.90. The van der Waals surface area contributed by atoms with E-state index >= 15 is 0 Å². The highest BCUT2D eigenvalue weighted by atomic mass is 16.5. The minimum atomic E-state index is 0.259. The number of aromatic nitrogens is 4. The molecule has 0 bridgehead atoms. The van der Waals surface area contributed by atoms with Gasteiger partial charge in [-0.05, 0) is 30.7 Å². The molecule has 2 aromatic heterocycles. The van der Waals surface area contributed by atoms with Crippen LogP contribution in [-0.4, -0.2) is 19.7 Å². The van der Waals surface area contributed by atoms with Crippen LogP contribution in [-0.2, 0) is 6.54 Å². The number of ether oxygens (including phenoxy) is 1. The quantitative estimate of drug-likeness (QED) is 0.793. The third-order valence-electron chi connectivity index (χ3n) is 3.00. The molecule has 6 nitrogen and oxygen atoms in total. The first kappa shape index (κ1) is 13.3. The minimum absolute atomic E-state index is 0.259. The first-order valence-electron chi connectivity index (χ1n) is 6.57. The van der Waals surface area contributed by atoms with Crippen LogP contribution in [0.25, 0.3) is 5.69 Å². The summed E-state index contributed by atoms with van der Waals surface area (Å²) in [4.78, 5) is 8.37. The summed E-state index contributed by atoms with van der Waals surface area (Å²) in [5.41, 5.74) is 8.36. The second-order valence-corrected chi connectivity index (χ2v) is 4.58. The van der Waals surface area contributed by atoms with Gasteiger partial charge in [0, 0.05) is 18.3 Å². The molecule has 0 radical (unpaired) electrons. The number of rotatable bonds is 4. The molecule has 0 unspecified atom stereocenters. The zero-order valence-electron chi connectivity index (χ0n) is 11.6. The van der Waals surface area contributed by atoms with E-state index < -0.39 is 0 Å². The number of nitrogens with two attached hydrogens (primary N) is 1. The maximum atomic E-state index is 5.62. The minimum Gasteiger partial charge on any atom is -0.404 e. The molecular weight excluding hydrogens is 266 g/mol. The number of benzene rings is 1. The Morgan fingerprint density at radius 3 is 2.71 bits per heavy atom. The highest BCUT2D eigenvalue weighted by molar-refractivity contribution is 5.31. The maximum Gasteiger partial charge on any atom is 0.342 e. The molecule has 106 valence electrons. The van der Waals surface area contributed by atoms with Gasteiger partial charge < -0.3 is 10.5 Å². The molecule has 2 N–H and O–H groups in total. The van der Waals surface area contributed by atoms with E-state index in [9.17, 15) is 0 Å². The maximum absolute atomic E-state index is 5.62. The van der Waals surface area contributed by atoms with Crippen molar-refractivity contribution in [1.29, 1.82) is 0 Å². The Balaban J connectivity index is 1.82. The standard InChI is InChI=1S/C15H15N5O/c1-11-7-12(8-16)9-17-14(11)21-15-18-10-20(19-15)13-5-3-2-4-6-13/h2-7,9-10H,8,16H2,1H3. The number of hydrogen-bond acceptors (Lipinski definition) is 5. The van der Waals surface area contributed by atoms with Crippen LogP contribution in [0.5, 0.6) is 11.9 Å². The van der Waals surface area contributed by atoms with Crippen molar-refractivity contribution >= 4 is 0 Å². The molecule has 21 heavy (non-hydrogen) atoms. The van der Waals surface area contributed by atoms with Gasteiger partial charge in [0.1, 0.15) is 6.33 Å². The molecule has 0 aliphatic rings. The first-order valence-corrected chi connectivity index (χ1v) is 6.57. The molecule has 3 rings (SSSR count). The fraction of sp³-hybridized carbons (Fsp3) is 0.133. The molecule has 0 spiro atoms. The summed E-state index contributed by atoms with van der Waals surface area (Å²) >= 11 is 0. The highest BCUT2D eigenvalue weighted by Crippen LogP contribution is 2.20. The predicted octanol–water partition coefficient (Wildman–Crippen LogP) is 2.22. The Morgan fingerprint density at radius 1 is 1.19 bits per heavy atom. The van der Waals surface area contributed by atoms with Crippen LogP contribution in [0, 0.1) is 6.92 Å². The lowest BCUT2D eigenvalue weighted by atomic mass is 10.2. The smallest absolute Gasteiger partial charge is 0.342 e. The van der Waals surface area contributed by atoms with Gasteiger partial charge in [0.2, 0.25) is 5.88 Å². The van der Waals surface area contributed by atoms with Gasteiger partial charge in [-0.15, -0.1) is 5.10 Å². The van der Waals surface area contributed by atoms with E-state index in [2.05, 4.69) is 15.1 Å². The van der Waals surface area contributed by atoms with E-state index in [1.807, 2.05) is 43.3 Å². The van der Waals surface area contributed by atoms with E-state index in [-0.39, 0.29) is 6.01 Å². The van der Waals surface area contributed by atoms with Crippen LogP contribution in [0.3, 0.4) is 0 Å². The molecule has 0 fully saturated rings. The average molecular weight is 281 g/mol. The van der Waals surface area contributed by atoms with Gasteiger partial charge in [-0.1, -0.05) is 18.2 Å². The van der Waals surface area contributed by atoms with E-state index in [0.29, 0.717) is 12.4 Å². The average Bonchev–Trinajstić information content (AvgIpc) is 2.99. The van der Waals surface area contributed by atoms with Crippen LogP contribution >= 0.6 is 0 Å². The Morgan fingerprint density at radius 2 is 2.00 bits per heavy atom. The summed E-state index contributed by atoms with van der Waals surface area (Å²) in [6.45, 7) is 2.37. The fourth-order valence-electron chi connectivity index (χ4n) is 1.93. The van der Waals surface area contributed by atoms with Crippen molar-refractivity contribution in [2.45, 2.75) is 13.5 Å². The van der Waals surface area contributed by atoms with Crippen LogP contribution in [0.4, 0.5) is 0 Å². The van der Waals surface area contributed by atoms with Crippen molar-refractivity contribution in [2.75, 3.05) is 0 Å². The van der Waals surface area contributed by atoms with Crippen LogP contribution in [0.1, 0.15) is 11.1 Å². The molecule has 6 heteroatoms. The summed E-state index contributed by atoms with van der Waals surface area (Å²) in [5, 5.41) is 4.28. The Hall–Kier alpha value is -2.73. The lowest BCUT2D eigenvalue weighted by Gasteiger charge is -2.05. The van der Waals surface area contributed by atoms with Gasteiger partial charge in [-0.25, -0.2) is 9.67 Å². The van der Waals surface area contributed by atoms with Gasteiger partial charge >= 0.3 is 6.01 Å². The Kier molecular flexibility index (Phi) is 3.61. The molecule has 0 aliphatic heterocycles. The zero-order valence-corrected chi connectivity index (χ0v) is 11.6. The predicted molar refractivity (Wildman–Crippen MR) is 78.3 cm³/mol. The first-order chi connectivity index (χ1) is 10.3. The van der Waals surface area contributed by atoms with Crippen LogP contribution in [0.2, 0.25) is 0 Å². The van der Waals surface area contributed by atoms with Crippen LogP contribution in [0.15, 0.2) is 48.9 Å². The number of aryl methyl sites for hydroxylation is 1. The van der Waals surface area contributed by atoms with Gasteiger partial charge in [-0.3, -0.25) is 0 Å². The Bertz CT molecular complexity index is 739. The lowest BCUT2D eigenvalue weighted by molar-refractivity contribution is 0.421. The molecule has 2 heterocycles. The number of nitrogens with zero attached hydrogens (tertiary/aromatic N) is 4. The zero-order chi connectivity index (χ0) is 14.7. The number of hydrogen-bond donors (Lipinski definition) is 1. The summed E-state index contributed by atoms with van der Waals surface area (Å²) < 4.78 is 7.27. The monoisotopic (exact) mass is 281 g/mol. The van der Waals surface area contributed by atoms with Gasteiger partial charge in [0.25, 0.3) is 0 Å². The van der Waals surface area contributed by atoms with Gasteiger partial charge in [0.05, 0.1) is 5.69 Å². The van der Waals surface area contributed by atoms with Crippen molar-refractivity contribution in [3.63, 3.8) is 0 Å². The highest BCUT2D eigenvalue weighted by Gasteiger charge is 2.08. The summed E-state index contributed by atoms with van der Waals surface area (Å²) in [5.74, 6) is 0.484. The van der Waals surface area contributed by atoms with Gasteiger partial charge in [0.15, 0.2) is 0 Å². The largest absolute Gasteiger partial charge is 0.404 e. The molecule has 0 atom stereocenters. The molecule has 1 aromatic carbocycles. The van der Waals surface area contributed by atoms with Crippen LogP contribution < -0.4 is 10.5 Å². The molecule has 0 saturated heterocycles.